The maximum atomic E-state index is 13.6. The molecule has 0 spiro atoms. The number of carbonyl (C=O) groups excluding carboxylic acids is 1. The molecule has 0 saturated carbocycles. The van der Waals surface area contributed by atoms with Crippen molar-refractivity contribution in [3.63, 3.8) is 0 Å². The fourth-order valence-electron chi connectivity index (χ4n) is 2.16. The molecule has 0 unspecified atom stereocenters. The van der Waals surface area contributed by atoms with E-state index in [4.69, 9.17) is 5.73 Å². The van der Waals surface area contributed by atoms with Gasteiger partial charge in [0.05, 0.1) is 6.42 Å². The van der Waals surface area contributed by atoms with Crippen molar-refractivity contribution in [3.05, 3.63) is 71.0 Å². The van der Waals surface area contributed by atoms with E-state index >= 15 is 0 Å². The van der Waals surface area contributed by atoms with E-state index in [1.54, 1.807) is 30.1 Å². The van der Waals surface area contributed by atoms with Gasteiger partial charge in [0.15, 0.2) is 0 Å². The molecule has 21 heavy (non-hydrogen) atoms. The van der Waals surface area contributed by atoms with E-state index < -0.39 is 0 Å². The van der Waals surface area contributed by atoms with Crippen molar-refractivity contribution in [2.45, 2.75) is 19.5 Å². The first-order chi connectivity index (χ1) is 10.1. The van der Waals surface area contributed by atoms with E-state index in [0.717, 1.165) is 11.1 Å². The Labute approximate surface area is 124 Å². The SMILES string of the molecule is CN(Cc1cccc(CN)c1)C(=O)Cc1ccccc1F. The molecule has 0 saturated heterocycles. The number of carbonyl (C=O) groups is 1. The Balaban J connectivity index is 2.01. The molecule has 1 amide bonds. The third-order valence-electron chi connectivity index (χ3n) is 3.37. The zero-order valence-electron chi connectivity index (χ0n) is 12.1. The topological polar surface area (TPSA) is 46.3 Å². The molecule has 2 N–H and O–H groups in total. The van der Waals surface area contributed by atoms with Gasteiger partial charge in [-0.05, 0) is 22.8 Å². The van der Waals surface area contributed by atoms with Crippen LogP contribution in [0.25, 0.3) is 0 Å². The molecule has 0 bridgehead atoms. The van der Waals surface area contributed by atoms with Gasteiger partial charge in [-0.25, -0.2) is 4.39 Å². The van der Waals surface area contributed by atoms with Crippen LogP contribution in [0, 0.1) is 5.82 Å². The first-order valence-corrected chi connectivity index (χ1v) is 6.85. The number of amides is 1. The first kappa shape index (κ1) is 15.2. The molecule has 0 heterocycles. The molecule has 0 aliphatic heterocycles. The Morgan fingerprint density at radius 3 is 2.57 bits per heavy atom. The van der Waals surface area contributed by atoms with E-state index in [9.17, 15) is 9.18 Å². The molecule has 0 aliphatic rings. The predicted molar refractivity (Wildman–Crippen MR) is 80.9 cm³/mol. The maximum absolute atomic E-state index is 13.6. The summed E-state index contributed by atoms with van der Waals surface area (Å²) in [6.07, 6.45) is 0.0692. The molecule has 0 aromatic heterocycles. The van der Waals surface area contributed by atoms with E-state index in [0.29, 0.717) is 18.7 Å². The van der Waals surface area contributed by atoms with Crippen LogP contribution in [0.3, 0.4) is 0 Å². The summed E-state index contributed by atoms with van der Waals surface area (Å²) in [5.74, 6) is -0.456. The summed E-state index contributed by atoms with van der Waals surface area (Å²) in [6.45, 7) is 0.960. The van der Waals surface area contributed by atoms with Gasteiger partial charge in [0.25, 0.3) is 0 Å². The molecule has 0 aliphatic carbocycles. The molecular formula is C17H19FN2O. The van der Waals surface area contributed by atoms with Crippen molar-refractivity contribution in [3.8, 4) is 0 Å². The number of hydrogen-bond donors (Lipinski definition) is 1. The fourth-order valence-corrected chi connectivity index (χ4v) is 2.16. The lowest BCUT2D eigenvalue weighted by molar-refractivity contribution is -0.129. The lowest BCUT2D eigenvalue weighted by Gasteiger charge is -2.18. The molecule has 110 valence electrons. The van der Waals surface area contributed by atoms with Crippen LogP contribution in [0.1, 0.15) is 16.7 Å². The third kappa shape index (κ3) is 4.13. The number of benzene rings is 2. The molecule has 4 heteroatoms. The van der Waals surface area contributed by atoms with Crippen LogP contribution in [0.4, 0.5) is 4.39 Å². The van der Waals surface area contributed by atoms with Crippen LogP contribution in [0.5, 0.6) is 0 Å². The molecular weight excluding hydrogens is 267 g/mol. The summed E-state index contributed by atoms with van der Waals surface area (Å²) >= 11 is 0. The second kappa shape index (κ2) is 6.99. The van der Waals surface area contributed by atoms with Gasteiger partial charge >= 0.3 is 0 Å². The summed E-state index contributed by atoms with van der Waals surface area (Å²) < 4.78 is 13.6. The highest BCUT2D eigenvalue weighted by Gasteiger charge is 2.12. The number of rotatable bonds is 5. The van der Waals surface area contributed by atoms with Crippen molar-refractivity contribution in [2.24, 2.45) is 5.73 Å². The Morgan fingerprint density at radius 2 is 1.86 bits per heavy atom. The van der Waals surface area contributed by atoms with Gasteiger partial charge < -0.3 is 10.6 Å². The van der Waals surface area contributed by atoms with Gasteiger partial charge in [-0.3, -0.25) is 4.79 Å². The number of halogens is 1. The van der Waals surface area contributed by atoms with Crippen molar-refractivity contribution < 1.29 is 9.18 Å². The van der Waals surface area contributed by atoms with Crippen LogP contribution in [0.2, 0.25) is 0 Å². The van der Waals surface area contributed by atoms with Gasteiger partial charge in [-0.2, -0.15) is 0 Å². The summed E-state index contributed by atoms with van der Waals surface area (Å²) in [5, 5.41) is 0. The minimum atomic E-state index is -0.343. The summed E-state index contributed by atoms with van der Waals surface area (Å²) in [6, 6.07) is 14.2. The normalized spacial score (nSPS) is 10.4. The lowest BCUT2D eigenvalue weighted by Crippen LogP contribution is -2.28. The quantitative estimate of drug-likeness (QED) is 0.918. The highest BCUT2D eigenvalue weighted by atomic mass is 19.1. The van der Waals surface area contributed by atoms with E-state index in [2.05, 4.69) is 0 Å². The third-order valence-corrected chi connectivity index (χ3v) is 3.37. The standard InChI is InChI=1S/C17H19FN2O/c1-20(12-14-6-4-5-13(9-14)11-19)17(21)10-15-7-2-3-8-16(15)18/h2-9H,10-12,19H2,1H3. The van der Waals surface area contributed by atoms with Gasteiger partial charge in [-0.15, -0.1) is 0 Å². The minimum absolute atomic E-state index is 0.0692. The molecule has 2 rings (SSSR count). The average molecular weight is 286 g/mol. The van der Waals surface area contributed by atoms with Gasteiger partial charge in [0.1, 0.15) is 5.82 Å². The summed E-state index contributed by atoms with van der Waals surface area (Å²) in [4.78, 5) is 13.8. The number of nitrogens with zero attached hydrogens (tertiary/aromatic N) is 1. The van der Waals surface area contributed by atoms with Crippen molar-refractivity contribution in [2.75, 3.05) is 7.05 Å². The van der Waals surface area contributed by atoms with E-state index in [1.807, 2.05) is 24.3 Å². The van der Waals surface area contributed by atoms with Crippen LogP contribution in [-0.2, 0) is 24.3 Å². The van der Waals surface area contributed by atoms with Crippen molar-refractivity contribution in [1.82, 2.24) is 4.90 Å². The smallest absolute Gasteiger partial charge is 0.227 e. The largest absolute Gasteiger partial charge is 0.341 e. The highest BCUT2D eigenvalue weighted by Crippen LogP contribution is 2.11. The number of nitrogens with two attached hydrogens (primary N) is 1. The lowest BCUT2D eigenvalue weighted by atomic mass is 10.1. The molecule has 0 radical (unpaired) electrons. The van der Waals surface area contributed by atoms with E-state index in [-0.39, 0.29) is 18.1 Å². The fraction of sp³-hybridized carbons (Fsp3) is 0.235. The number of likely N-dealkylation sites (N-methyl/N-ethyl adjacent to an activating group) is 1. The minimum Gasteiger partial charge on any atom is -0.341 e. The second-order valence-corrected chi connectivity index (χ2v) is 5.04. The van der Waals surface area contributed by atoms with Gasteiger partial charge in [-0.1, -0.05) is 42.5 Å². The first-order valence-electron chi connectivity index (χ1n) is 6.85. The van der Waals surface area contributed by atoms with Gasteiger partial charge in [0, 0.05) is 20.1 Å². The Kier molecular flexibility index (Phi) is 5.06. The average Bonchev–Trinajstić information content (AvgIpc) is 2.49. The van der Waals surface area contributed by atoms with Crippen molar-refractivity contribution >= 4 is 5.91 Å². The molecule has 0 fully saturated rings. The molecule has 3 nitrogen and oxygen atoms in total. The van der Waals surface area contributed by atoms with Crippen LogP contribution >= 0.6 is 0 Å². The van der Waals surface area contributed by atoms with Crippen LogP contribution < -0.4 is 5.73 Å². The second-order valence-electron chi connectivity index (χ2n) is 5.04. The van der Waals surface area contributed by atoms with E-state index in [1.165, 1.54) is 6.07 Å². The Bertz CT molecular complexity index is 628. The number of hydrogen-bond acceptors (Lipinski definition) is 2. The summed E-state index contributed by atoms with van der Waals surface area (Å²) in [7, 11) is 1.72. The molecule has 2 aromatic carbocycles. The van der Waals surface area contributed by atoms with Crippen LogP contribution in [-0.4, -0.2) is 17.9 Å². The van der Waals surface area contributed by atoms with Crippen molar-refractivity contribution in [1.29, 1.82) is 0 Å². The van der Waals surface area contributed by atoms with Gasteiger partial charge in [0.2, 0.25) is 5.91 Å². The molecule has 0 atom stereocenters. The Morgan fingerprint density at radius 1 is 1.14 bits per heavy atom. The Hall–Kier alpha value is -2.20. The maximum Gasteiger partial charge on any atom is 0.227 e. The summed E-state index contributed by atoms with van der Waals surface area (Å²) in [5.41, 5.74) is 8.07. The predicted octanol–water partition coefficient (Wildman–Crippen LogP) is 2.49. The zero-order valence-corrected chi connectivity index (χ0v) is 12.1. The molecule has 2 aromatic rings. The zero-order chi connectivity index (χ0) is 15.2. The highest BCUT2D eigenvalue weighted by molar-refractivity contribution is 5.78. The van der Waals surface area contributed by atoms with Crippen LogP contribution in [0.15, 0.2) is 48.5 Å². The monoisotopic (exact) mass is 286 g/mol.